The molecule has 2 heterocycles. The number of amides is 2. The summed E-state index contributed by atoms with van der Waals surface area (Å²) >= 11 is 0. The Hall–Kier alpha value is -3.22. The molecule has 0 aliphatic carbocycles. The maximum Gasteiger partial charge on any atom is 0.289 e. The summed E-state index contributed by atoms with van der Waals surface area (Å²) in [5.41, 5.74) is 1.13. The van der Waals surface area contributed by atoms with E-state index < -0.39 is 5.91 Å². The summed E-state index contributed by atoms with van der Waals surface area (Å²) in [4.78, 5) is 31.4. The van der Waals surface area contributed by atoms with Gasteiger partial charge in [-0.2, -0.15) is 0 Å². The lowest BCUT2D eigenvalue weighted by molar-refractivity contribution is 0.0780. The molecule has 6 nitrogen and oxygen atoms in total. The van der Waals surface area contributed by atoms with Crippen molar-refractivity contribution in [1.82, 2.24) is 14.3 Å². The molecule has 0 saturated heterocycles. The summed E-state index contributed by atoms with van der Waals surface area (Å²) in [6, 6.07) is 10.7. The summed E-state index contributed by atoms with van der Waals surface area (Å²) in [5.74, 6) is -0.900. The highest BCUT2D eigenvalue weighted by atomic mass is 19.1. The zero-order valence-corrected chi connectivity index (χ0v) is 15.3. The fraction of sp³-hybridized carbons (Fsp3) is 0.250. The molecule has 3 rings (SSSR count). The number of anilines is 1. The predicted molar refractivity (Wildman–Crippen MR) is 101 cm³/mol. The van der Waals surface area contributed by atoms with Crippen molar-refractivity contribution in [2.24, 2.45) is 0 Å². The Morgan fingerprint density at radius 3 is 2.63 bits per heavy atom. The highest BCUT2D eigenvalue weighted by Crippen LogP contribution is 2.17. The lowest BCUT2D eigenvalue weighted by Gasteiger charge is -2.15. The maximum atomic E-state index is 13.0. The fourth-order valence-corrected chi connectivity index (χ4v) is 2.75. The van der Waals surface area contributed by atoms with Gasteiger partial charge in [-0.3, -0.25) is 14.0 Å². The van der Waals surface area contributed by atoms with E-state index in [0.29, 0.717) is 17.7 Å². The number of fused-ring (bicyclic) bond motifs is 1. The van der Waals surface area contributed by atoms with E-state index in [2.05, 4.69) is 17.2 Å². The van der Waals surface area contributed by atoms with Crippen molar-refractivity contribution in [3.8, 4) is 0 Å². The first-order valence-corrected chi connectivity index (χ1v) is 8.80. The van der Waals surface area contributed by atoms with Crippen LogP contribution in [0.3, 0.4) is 0 Å². The second-order valence-corrected chi connectivity index (χ2v) is 6.28. The molecule has 7 heteroatoms. The zero-order valence-electron chi connectivity index (χ0n) is 15.3. The third kappa shape index (κ3) is 3.97. The molecule has 0 atom stereocenters. The zero-order chi connectivity index (χ0) is 19.4. The van der Waals surface area contributed by atoms with E-state index in [9.17, 15) is 14.0 Å². The van der Waals surface area contributed by atoms with Gasteiger partial charge in [-0.25, -0.2) is 9.37 Å². The van der Waals surface area contributed by atoms with Crippen LogP contribution < -0.4 is 5.32 Å². The van der Waals surface area contributed by atoms with Gasteiger partial charge in [-0.05, 0) is 42.8 Å². The second-order valence-electron chi connectivity index (χ2n) is 6.28. The van der Waals surface area contributed by atoms with Crippen LogP contribution in [0.1, 0.15) is 40.9 Å². The van der Waals surface area contributed by atoms with Crippen LogP contribution in [0, 0.1) is 5.82 Å². The molecule has 2 aromatic heterocycles. The van der Waals surface area contributed by atoms with Gasteiger partial charge < -0.3 is 10.2 Å². The summed E-state index contributed by atoms with van der Waals surface area (Å²) < 4.78 is 14.7. The lowest BCUT2D eigenvalue weighted by Crippen LogP contribution is -2.29. The molecule has 3 aromatic rings. The standard InChI is InChI=1S/C20H21FN4O2/c1-3-4-12-24(2)20(27)18-23-17(16-7-5-6-13-25(16)18)19(26)22-15-10-8-14(21)9-11-15/h5-11,13H,3-4,12H2,1-2H3,(H,22,26). The van der Waals surface area contributed by atoms with Crippen molar-refractivity contribution in [3.63, 3.8) is 0 Å². The minimum Gasteiger partial charge on any atom is -0.339 e. The third-order valence-corrected chi connectivity index (χ3v) is 4.25. The third-order valence-electron chi connectivity index (χ3n) is 4.25. The topological polar surface area (TPSA) is 66.7 Å². The number of carbonyl (C=O) groups excluding carboxylic acids is 2. The molecule has 0 fully saturated rings. The molecule has 1 aromatic carbocycles. The van der Waals surface area contributed by atoms with Crippen LogP contribution >= 0.6 is 0 Å². The minimum atomic E-state index is -0.458. The largest absolute Gasteiger partial charge is 0.339 e. The van der Waals surface area contributed by atoms with Crippen LogP contribution in [0.15, 0.2) is 48.7 Å². The Morgan fingerprint density at radius 1 is 1.19 bits per heavy atom. The number of imidazole rings is 1. The van der Waals surface area contributed by atoms with Gasteiger partial charge >= 0.3 is 0 Å². The molecule has 0 saturated carbocycles. The van der Waals surface area contributed by atoms with Gasteiger partial charge in [0.15, 0.2) is 5.69 Å². The Bertz CT molecular complexity index is 966. The van der Waals surface area contributed by atoms with Crippen LogP contribution in [0.5, 0.6) is 0 Å². The van der Waals surface area contributed by atoms with Gasteiger partial charge in [-0.1, -0.05) is 19.4 Å². The van der Waals surface area contributed by atoms with E-state index in [1.165, 1.54) is 24.3 Å². The van der Waals surface area contributed by atoms with Gasteiger partial charge in [0.1, 0.15) is 5.82 Å². The molecule has 0 aliphatic heterocycles. The quantitative estimate of drug-likeness (QED) is 0.723. The molecule has 1 N–H and O–H groups in total. The summed E-state index contributed by atoms with van der Waals surface area (Å²) in [5, 5.41) is 2.69. The average Bonchev–Trinajstić information content (AvgIpc) is 3.07. The molecule has 2 amide bonds. The molecule has 0 aliphatic rings. The van der Waals surface area contributed by atoms with Gasteiger partial charge in [0, 0.05) is 25.5 Å². The van der Waals surface area contributed by atoms with Crippen molar-refractivity contribution < 1.29 is 14.0 Å². The number of pyridine rings is 1. The van der Waals surface area contributed by atoms with Crippen LogP contribution in [0.25, 0.3) is 5.52 Å². The van der Waals surface area contributed by atoms with Crippen molar-refractivity contribution in [1.29, 1.82) is 0 Å². The van der Waals surface area contributed by atoms with Crippen LogP contribution in [-0.4, -0.2) is 39.7 Å². The van der Waals surface area contributed by atoms with Crippen molar-refractivity contribution in [3.05, 3.63) is 66.0 Å². The second kappa shape index (κ2) is 7.99. The van der Waals surface area contributed by atoms with Crippen LogP contribution in [0.4, 0.5) is 10.1 Å². The van der Waals surface area contributed by atoms with Gasteiger partial charge in [0.05, 0.1) is 5.52 Å². The lowest BCUT2D eigenvalue weighted by atomic mass is 10.2. The van der Waals surface area contributed by atoms with Crippen LogP contribution in [0.2, 0.25) is 0 Å². The minimum absolute atomic E-state index is 0.146. The smallest absolute Gasteiger partial charge is 0.289 e. The number of halogens is 1. The highest BCUT2D eigenvalue weighted by Gasteiger charge is 2.23. The maximum absolute atomic E-state index is 13.0. The number of nitrogens with zero attached hydrogens (tertiary/aromatic N) is 3. The summed E-state index contributed by atoms with van der Waals surface area (Å²) in [6.45, 7) is 2.68. The monoisotopic (exact) mass is 368 g/mol. The Morgan fingerprint density at radius 2 is 1.93 bits per heavy atom. The molecule has 140 valence electrons. The van der Waals surface area contributed by atoms with Crippen molar-refractivity contribution in [2.45, 2.75) is 19.8 Å². The number of aromatic nitrogens is 2. The van der Waals surface area contributed by atoms with E-state index >= 15 is 0 Å². The molecule has 0 radical (unpaired) electrons. The molecular formula is C20H21FN4O2. The van der Waals surface area contributed by atoms with Crippen molar-refractivity contribution >= 4 is 23.0 Å². The van der Waals surface area contributed by atoms with Gasteiger partial charge in [-0.15, -0.1) is 0 Å². The number of carbonyl (C=O) groups is 2. The Balaban J connectivity index is 1.93. The Kier molecular flexibility index (Phi) is 5.49. The Labute approximate surface area is 156 Å². The normalized spacial score (nSPS) is 10.8. The molecule has 0 spiro atoms. The number of nitrogens with one attached hydrogen (secondary N) is 1. The summed E-state index contributed by atoms with van der Waals surface area (Å²) in [6.07, 6.45) is 3.58. The average molecular weight is 368 g/mol. The van der Waals surface area contributed by atoms with E-state index in [-0.39, 0.29) is 23.2 Å². The number of unbranched alkanes of at least 4 members (excludes halogenated alkanes) is 1. The van der Waals surface area contributed by atoms with E-state index in [1.807, 2.05) is 0 Å². The summed E-state index contributed by atoms with van der Waals surface area (Å²) in [7, 11) is 1.72. The highest BCUT2D eigenvalue weighted by molar-refractivity contribution is 6.08. The number of rotatable bonds is 6. The molecule has 0 bridgehead atoms. The van der Waals surface area contributed by atoms with Gasteiger partial charge in [0.2, 0.25) is 5.82 Å². The van der Waals surface area contributed by atoms with E-state index in [1.54, 1.807) is 40.7 Å². The fourth-order valence-electron chi connectivity index (χ4n) is 2.75. The van der Waals surface area contributed by atoms with E-state index in [0.717, 1.165) is 12.8 Å². The van der Waals surface area contributed by atoms with Crippen molar-refractivity contribution in [2.75, 3.05) is 18.9 Å². The van der Waals surface area contributed by atoms with E-state index in [4.69, 9.17) is 0 Å². The molecular weight excluding hydrogens is 347 g/mol. The molecule has 0 unspecified atom stereocenters. The predicted octanol–water partition coefficient (Wildman–Crippen LogP) is 3.60. The first-order chi connectivity index (χ1) is 13.0. The number of hydrogen-bond acceptors (Lipinski definition) is 3. The van der Waals surface area contributed by atoms with Crippen LogP contribution in [-0.2, 0) is 0 Å². The molecule has 27 heavy (non-hydrogen) atoms. The first-order valence-electron chi connectivity index (χ1n) is 8.80. The number of hydrogen-bond donors (Lipinski definition) is 1. The van der Waals surface area contributed by atoms with Gasteiger partial charge in [0.25, 0.3) is 11.8 Å². The number of benzene rings is 1. The SMILES string of the molecule is CCCCN(C)C(=O)c1nc(C(=O)Nc2ccc(F)cc2)c2ccccn12. The first kappa shape index (κ1) is 18.6.